The van der Waals surface area contributed by atoms with Crippen LogP contribution in [0.3, 0.4) is 0 Å². The van der Waals surface area contributed by atoms with Crippen molar-refractivity contribution in [1.82, 2.24) is 0 Å². The highest BCUT2D eigenvalue weighted by Gasteiger charge is 2.26. The summed E-state index contributed by atoms with van der Waals surface area (Å²) < 4.78 is 5.77. The molecule has 1 aliphatic rings. The highest BCUT2D eigenvalue weighted by molar-refractivity contribution is 5.75. The molecule has 0 unspecified atom stereocenters. The Morgan fingerprint density at radius 2 is 1.44 bits per heavy atom. The van der Waals surface area contributed by atoms with Gasteiger partial charge in [-0.2, -0.15) is 10.5 Å². The van der Waals surface area contributed by atoms with Gasteiger partial charge in [-0.1, -0.05) is 83.1 Å². The molecule has 0 atom stereocenters. The minimum atomic E-state index is 0.390. The van der Waals surface area contributed by atoms with Crippen LogP contribution in [0.4, 0.5) is 0 Å². The Kier molecular flexibility index (Phi) is 10.5. The Morgan fingerprint density at radius 1 is 0.765 bits per heavy atom. The standard InChI is InChI=1S/C31H40N2O/c1-3-5-7-8-9-10-24-11-13-25(14-12-24)28-19-20-29(31(23-33)30(28)22-32)26-15-17-27(18-16-26)34-21-6-4-2/h15-20,24-25H,3-14,21H2,1-2H3. The van der Waals surface area contributed by atoms with Crippen LogP contribution < -0.4 is 4.74 Å². The van der Waals surface area contributed by atoms with Crippen molar-refractivity contribution < 1.29 is 4.74 Å². The van der Waals surface area contributed by atoms with Crippen LogP contribution in [0.15, 0.2) is 36.4 Å². The van der Waals surface area contributed by atoms with E-state index in [-0.39, 0.29) is 0 Å². The highest BCUT2D eigenvalue weighted by atomic mass is 16.5. The summed E-state index contributed by atoms with van der Waals surface area (Å²) >= 11 is 0. The fraction of sp³-hybridized carbons (Fsp3) is 0.548. The van der Waals surface area contributed by atoms with Gasteiger partial charge in [-0.25, -0.2) is 0 Å². The summed E-state index contributed by atoms with van der Waals surface area (Å²) in [5.74, 6) is 2.06. The Morgan fingerprint density at radius 3 is 2.09 bits per heavy atom. The van der Waals surface area contributed by atoms with Gasteiger partial charge >= 0.3 is 0 Å². The lowest BCUT2D eigenvalue weighted by molar-refractivity contribution is 0.301. The van der Waals surface area contributed by atoms with E-state index >= 15 is 0 Å². The molecule has 3 nitrogen and oxygen atoms in total. The summed E-state index contributed by atoms with van der Waals surface area (Å²) in [7, 11) is 0. The smallest absolute Gasteiger partial charge is 0.119 e. The monoisotopic (exact) mass is 456 g/mol. The second-order valence-electron chi connectivity index (χ2n) is 9.82. The zero-order valence-corrected chi connectivity index (χ0v) is 21.1. The molecule has 0 saturated heterocycles. The van der Waals surface area contributed by atoms with Crippen molar-refractivity contribution in [3.63, 3.8) is 0 Å². The fourth-order valence-corrected chi connectivity index (χ4v) is 5.30. The average Bonchev–Trinajstić information content (AvgIpc) is 2.88. The summed E-state index contributed by atoms with van der Waals surface area (Å²) in [4.78, 5) is 0. The average molecular weight is 457 g/mol. The summed E-state index contributed by atoms with van der Waals surface area (Å²) in [6, 6.07) is 16.8. The van der Waals surface area contributed by atoms with Crippen molar-refractivity contribution in [1.29, 1.82) is 10.5 Å². The van der Waals surface area contributed by atoms with Crippen molar-refractivity contribution in [2.75, 3.05) is 6.61 Å². The molecule has 0 aromatic heterocycles. The van der Waals surface area contributed by atoms with Crippen LogP contribution >= 0.6 is 0 Å². The molecule has 34 heavy (non-hydrogen) atoms. The zero-order chi connectivity index (χ0) is 24.2. The molecule has 3 heteroatoms. The first kappa shape index (κ1) is 25.8. The molecule has 0 N–H and O–H groups in total. The van der Waals surface area contributed by atoms with Gasteiger partial charge in [-0.15, -0.1) is 0 Å². The molecule has 180 valence electrons. The molecule has 1 aliphatic carbocycles. The molecule has 0 heterocycles. The third-order valence-electron chi connectivity index (χ3n) is 7.40. The molecule has 1 saturated carbocycles. The Bertz CT molecular complexity index is 972. The molecule has 0 spiro atoms. The van der Waals surface area contributed by atoms with Crippen LogP contribution in [-0.4, -0.2) is 6.61 Å². The first-order chi connectivity index (χ1) is 16.7. The van der Waals surface area contributed by atoms with Gasteiger partial charge in [0.2, 0.25) is 0 Å². The van der Waals surface area contributed by atoms with Gasteiger partial charge in [0, 0.05) is 5.56 Å². The highest BCUT2D eigenvalue weighted by Crippen LogP contribution is 2.41. The number of ether oxygens (including phenoxy) is 1. The second kappa shape index (κ2) is 13.8. The minimum absolute atomic E-state index is 0.390. The van der Waals surface area contributed by atoms with Crippen molar-refractivity contribution >= 4 is 0 Å². The first-order valence-electron chi connectivity index (χ1n) is 13.4. The Balaban J connectivity index is 1.68. The maximum atomic E-state index is 10.0. The van der Waals surface area contributed by atoms with E-state index in [0.717, 1.165) is 54.0 Å². The molecule has 2 aromatic rings. The van der Waals surface area contributed by atoms with E-state index in [4.69, 9.17) is 4.74 Å². The number of nitrogens with zero attached hydrogens (tertiary/aromatic N) is 2. The molecule has 3 rings (SSSR count). The van der Waals surface area contributed by atoms with E-state index in [9.17, 15) is 10.5 Å². The topological polar surface area (TPSA) is 56.8 Å². The van der Waals surface area contributed by atoms with Gasteiger partial charge in [0.05, 0.1) is 17.7 Å². The van der Waals surface area contributed by atoms with E-state index in [0.29, 0.717) is 23.7 Å². The molecule has 0 radical (unpaired) electrons. The third-order valence-corrected chi connectivity index (χ3v) is 7.40. The molecular weight excluding hydrogens is 416 g/mol. The number of rotatable bonds is 12. The molecule has 0 aliphatic heterocycles. The molecule has 1 fully saturated rings. The maximum absolute atomic E-state index is 10.0. The summed E-state index contributed by atoms with van der Waals surface area (Å²) in [6.07, 6.45) is 15.0. The lowest BCUT2D eigenvalue weighted by Gasteiger charge is -2.29. The fourth-order valence-electron chi connectivity index (χ4n) is 5.30. The van der Waals surface area contributed by atoms with Gasteiger partial charge in [0.25, 0.3) is 0 Å². The quantitative estimate of drug-likeness (QED) is 0.300. The SMILES string of the molecule is CCCCCCCC1CCC(c2ccc(-c3ccc(OCCCC)cc3)c(C#N)c2C#N)CC1. The van der Waals surface area contributed by atoms with E-state index in [2.05, 4.69) is 32.1 Å². The zero-order valence-electron chi connectivity index (χ0n) is 21.1. The third kappa shape index (κ3) is 6.87. The molecule has 0 amide bonds. The number of hydrogen-bond donors (Lipinski definition) is 0. The van der Waals surface area contributed by atoms with E-state index in [1.165, 1.54) is 51.4 Å². The molecular formula is C31H40N2O. The number of benzene rings is 2. The van der Waals surface area contributed by atoms with Crippen LogP contribution in [0, 0.1) is 28.6 Å². The lowest BCUT2D eigenvalue weighted by Crippen LogP contribution is -2.15. The lowest BCUT2D eigenvalue weighted by atomic mass is 9.75. The predicted octanol–water partition coefficient (Wildman–Crippen LogP) is 8.91. The summed E-state index contributed by atoms with van der Waals surface area (Å²) in [6.45, 7) is 5.13. The van der Waals surface area contributed by atoms with Crippen molar-refractivity contribution in [2.45, 2.75) is 96.8 Å². The molecule has 0 bridgehead atoms. The number of unbranched alkanes of at least 4 members (excludes halogenated alkanes) is 5. The van der Waals surface area contributed by atoms with Crippen LogP contribution in [0.25, 0.3) is 11.1 Å². The number of hydrogen-bond acceptors (Lipinski definition) is 3. The molecule has 2 aromatic carbocycles. The second-order valence-corrected chi connectivity index (χ2v) is 9.82. The largest absolute Gasteiger partial charge is 0.494 e. The number of nitriles is 2. The predicted molar refractivity (Wildman–Crippen MR) is 140 cm³/mol. The van der Waals surface area contributed by atoms with E-state index in [1.54, 1.807) is 0 Å². The van der Waals surface area contributed by atoms with Crippen LogP contribution in [-0.2, 0) is 0 Å². The Hall–Kier alpha value is -2.78. The van der Waals surface area contributed by atoms with Crippen molar-refractivity contribution in [3.05, 3.63) is 53.1 Å². The normalized spacial score (nSPS) is 17.6. The summed E-state index contributed by atoms with van der Waals surface area (Å²) in [5.41, 5.74) is 3.95. The first-order valence-corrected chi connectivity index (χ1v) is 13.4. The van der Waals surface area contributed by atoms with Gasteiger partial charge < -0.3 is 4.74 Å². The maximum Gasteiger partial charge on any atom is 0.119 e. The van der Waals surface area contributed by atoms with E-state index in [1.807, 2.05) is 30.3 Å². The Labute approximate surface area is 206 Å². The van der Waals surface area contributed by atoms with Gasteiger partial charge in [0.1, 0.15) is 17.9 Å². The van der Waals surface area contributed by atoms with Gasteiger partial charge in [-0.3, -0.25) is 0 Å². The van der Waals surface area contributed by atoms with Crippen molar-refractivity contribution in [3.8, 4) is 29.0 Å². The minimum Gasteiger partial charge on any atom is -0.494 e. The van der Waals surface area contributed by atoms with Gasteiger partial charge in [-0.05, 0) is 67.2 Å². The van der Waals surface area contributed by atoms with Crippen LogP contribution in [0.2, 0.25) is 0 Å². The van der Waals surface area contributed by atoms with Gasteiger partial charge in [0.15, 0.2) is 0 Å². The van der Waals surface area contributed by atoms with E-state index < -0.39 is 0 Å². The van der Waals surface area contributed by atoms with Crippen LogP contribution in [0.5, 0.6) is 5.75 Å². The van der Waals surface area contributed by atoms with Crippen LogP contribution in [0.1, 0.15) is 114 Å². The summed E-state index contributed by atoms with van der Waals surface area (Å²) in [5, 5.41) is 20.0. The van der Waals surface area contributed by atoms with Crippen molar-refractivity contribution in [2.24, 2.45) is 5.92 Å².